The summed E-state index contributed by atoms with van der Waals surface area (Å²) in [6.45, 7) is 1.81. The second-order valence-corrected chi connectivity index (χ2v) is 4.74. The first-order chi connectivity index (χ1) is 10.2. The molecule has 2 N–H and O–H groups in total. The third-order valence-electron chi connectivity index (χ3n) is 3.06. The van der Waals surface area contributed by atoms with E-state index in [2.05, 4.69) is 20.1 Å². The number of benzene rings is 1. The predicted molar refractivity (Wildman–Crippen MR) is 77.1 cm³/mol. The Balaban J connectivity index is 1.78. The number of rotatable bonds is 4. The van der Waals surface area contributed by atoms with Crippen LogP contribution < -0.4 is 5.73 Å². The van der Waals surface area contributed by atoms with Gasteiger partial charge >= 0.3 is 0 Å². The Morgan fingerprint density at radius 2 is 1.95 bits per heavy atom. The molecule has 2 aromatic heterocycles. The summed E-state index contributed by atoms with van der Waals surface area (Å²) in [5, 5.41) is 3.93. The predicted octanol–water partition coefficient (Wildman–Crippen LogP) is 2.08. The van der Waals surface area contributed by atoms with Gasteiger partial charge in [0.05, 0.1) is 6.04 Å². The van der Waals surface area contributed by atoms with Gasteiger partial charge in [-0.15, -0.1) is 0 Å². The molecule has 3 rings (SSSR count). The second kappa shape index (κ2) is 5.80. The summed E-state index contributed by atoms with van der Waals surface area (Å²) in [5.74, 6) is 1.50. The van der Waals surface area contributed by atoms with Crippen molar-refractivity contribution in [2.75, 3.05) is 0 Å². The molecule has 6 heteroatoms. The zero-order chi connectivity index (χ0) is 14.7. The number of hydrogen-bond donors (Lipinski definition) is 1. The molecule has 1 atom stereocenters. The summed E-state index contributed by atoms with van der Waals surface area (Å²) in [6.07, 6.45) is 2.31. The molecular formula is C15H15N5O. The van der Waals surface area contributed by atoms with Gasteiger partial charge in [0, 0.05) is 6.20 Å². The monoisotopic (exact) mass is 281 g/mol. The van der Waals surface area contributed by atoms with Crippen LogP contribution in [0.4, 0.5) is 0 Å². The molecule has 106 valence electrons. The van der Waals surface area contributed by atoms with Crippen molar-refractivity contribution in [3.8, 4) is 11.5 Å². The van der Waals surface area contributed by atoms with E-state index in [-0.39, 0.29) is 6.04 Å². The van der Waals surface area contributed by atoms with Gasteiger partial charge in [-0.25, -0.2) is 9.97 Å². The SMILES string of the molecule is Cc1nccc(-c2noc([C@@H](N)Cc3ccccc3)n2)n1. The molecule has 0 aliphatic heterocycles. The van der Waals surface area contributed by atoms with Crippen LogP contribution in [0.3, 0.4) is 0 Å². The van der Waals surface area contributed by atoms with E-state index in [0.717, 1.165) is 5.56 Å². The molecule has 21 heavy (non-hydrogen) atoms. The van der Waals surface area contributed by atoms with E-state index in [1.54, 1.807) is 12.3 Å². The smallest absolute Gasteiger partial charge is 0.244 e. The van der Waals surface area contributed by atoms with Gasteiger partial charge in [0.2, 0.25) is 11.7 Å². The Bertz CT molecular complexity index is 726. The largest absolute Gasteiger partial charge is 0.337 e. The van der Waals surface area contributed by atoms with Crippen molar-refractivity contribution in [2.24, 2.45) is 5.73 Å². The van der Waals surface area contributed by atoms with E-state index in [1.165, 1.54) is 0 Å². The number of nitrogens with two attached hydrogens (primary N) is 1. The van der Waals surface area contributed by atoms with Gasteiger partial charge in [-0.1, -0.05) is 35.5 Å². The van der Waals surface area contributed by atoms with Gasteiger partial charge in [0.15, 0.2) is 0 Å². The van der Waals surface area contributed by atoms with Crippen LogP contribution in [0.25, 0.3) is 11.5 Å². The average molecular weight is 281 g/mol. The average Bonchev–Trinajstić information content (AvgIpc) is 2.98. The second-order valence-electron chi connectivity index (χ2n) is 4.74. The minimum atomic E-state index is -0.336. The van der Waals surface area contributed by atoms with Gasteiger partial charge in [-0.2, -0.15) is 4.98 Å². The van der Waals surface area contributed by atoms with Gasteiger partial charge in [-0.3, -0.25) is 0 Å². The summed E-state index contributed by atoms with van der Waals surface area (Å²) in [6, 6.07) is 11.4. The molecular weight excluding hydrogens is 266 g/mol. The molecule has 0 aliphatic rings. The molecule has 0 spiro atoms. The summed E-state index contributed by atoms with van der Waals surface area (Å²) in [5.41, 5.74) is 7.88. The standard InChI is InChI=1S/C15H15N5O/c1-10-17-8-7-13(18-10)14-19-15(21-20-14)12(16)9-11-5-3-2-4-6-11/h2-8,12H,9,16H2,1H3/t12-/m0/s1. The molecule has 3 aromatic rings. The number of hydrogen-bond acceptors (Lipinski definition) is 6. The van der Waals surface area contributed by atoms with E-state index >= 15 is 0 Å². The highest BCUT2D eigenvalue weighted by atomic mass is 16.5. The maximum atomic E-state index is 6.12. The quantitative estimate of drug-likeness (QED) is 0.787. The van der Waals surface area contributed by atoms with Gasteiger partial charge in [-0.05, 0) is 25.0 Å². The zero-order valence-corrected chi connectivity index (χ0v) is 11.6. The molecule has 0 fully saturated rings. The lowest BCUT2D eigenvalue weighted by Gasteiger charge is -2.05. The molecule has 0 saturated heterocycles. The molecule has 0 amide bonds. The van der Waals surface area contributed by atoms with Crippen molar-refractivity contribution in [3.05, 3.63) is 59.9 Å². The van der Waals surface area contributed by atoms with Crippen LogP contribution in [0, 0.1) is 6.92 Å². The first-order valence-corrected chi connectivity index (χ1v) is 6.65. The summed E-state index contributed by atoms with van der Waals surface area (Å²) >= 11 is 0. The Morgan fingerprint density at radius 1 is 1.14 bits per heavy atom. The lowest BCUT2D eigenvalue weighted by molar-refractivity contribution is 0.354. The zero-order valence-electron chi connectivity index (χ0n) is 11.6. The maximum absolute atomic E-state index is 6.12. The highest BCUT2D eigenvalue weighted by Crippen LogP contribution is 2.18. The van der Waals surface area contributed by atoms with Crippen molar-refractivity contribution in [1.29, 1.82) is 0 Å². The van der Waals surface area contributed by atoms with E-state index in [1.807, 2.05) is 37.3 Å². The van der Waals surface area contributed by atoms with Gasteiger partial charge < -0.3 is 10.3 Å². The number of nitrogens with zero attached hydrogens (tertiary/aromatic N) is 4. The molecule has 0 bridgehead atoms. The minimum Gasteiger partial charge on any atom is -0.337 e. The van der Waals surface area contributed by atoms with Crippen LogP contribution in [0.15, 0.2) is 47.1 Å². The summed E-state index contributed by atoms with van der Waals surface area (Å²) in [7, 11) is 0. The van der Waals surface area contributed by atoms with Crippen LogP contribution in [-0.2, 0) is 6.42 Å². The van der Waals surface area contributed by atoms with E-state index in [9.17, 15) is 0 Å². The highest BCUT2D eigenvalue weighted by molar-refractivity contribution is 5.47. The van der Waals surface area contributed by atoms with Gasteiger partial charge in [0.25, 0.3) is 0 Å². The van der Waals surface area contributed by atoms with Crippen LogP contribution >= 0.6 is 0 Å². The van der Waals surface area contributed by atoms with Crippen LogP contribution in [0.2, 0.25) is 0 Å². The molecule has 2 heterocycles. The minimum absolute atomic E-state index is 0.336. The van der Waals surface area contributed by atoms with Crippen molar-refractivity contribution in [2.45, 2.75) is 19.4 Å². The molecule has 0 radical (unpaired) electrons. The van der Waals surface area contributed by atoms with Crippen LogP contribution in [0.5, 0.6) is 0 Å². The van der Waals surface area contributed by atoms with E-state index in [4.69, 9.17) is 10.3 Å². The van der Waals surface area contributed by atoms with Crippen LogP contribution in [-0.4, -0.2) is 20.1 Å². The normalized spacial score (nSPS) is 12.3. The first-order valence-electron chi connectivity index (χ1n) is 6.65. The first kappa shape index (κ1) is 13.4. The van der Waals surface area contributed by atoms with E-state index in [0.29, 0.717) is 29.7 Å². The highest BCUT2D eigenvalue weighted by Gasteiger charge is 2.16. The Hall–Kier alpha value is -2.60. The summed E-state index contributed by atoms with van der Waals surface area (Å²) < 4.78 is 5.25. The van der Waals surface area contributed by atoms with Crippen molar-refractivity contribution in [3.63, 3.8) is 0 Å². The fraction of sp³-hybridized carbons (Fsp3) is 0.200. The van der Waals surface area contributed by atoms with Crippen molar-refractivity contribution >= 4 is 0 Å². The third kappa shape index (κ3) is 3.11. The van der Waals surface area contributed by atoms with Crippen molar-refractivity contribution < 1.29 is 4.52 Å². The number of aryl methyl sites for hydroxylation is 1. The fourth-order valence-corrected chi connectivity index (χ4v) is 2.03. The Labute approximate surface area is 122 Å². The van der Waals surface area contributed by atoms with Crippen molar-refractivity contribution in [1.82, 2.24) is 20.1 Å². The number of aromatic nitrogens is 4. The molecule has 0 saturated carbocycles. The Kier molecular flexibility index (Phi) is 3.70. The topological polar surface area (TPSA) is 90.7 Å². The van der Waals surface area contributed by atoms with Crippen LogP contribution in [0.1, 0.15) is 23.3 Å². The fourth-order valence-electron chi connectivity index (χ4n) is 2.03. The Morgan fingerprint density at radius 3 is 2.71 bits per heavy atom. The molecule has 0 aliphatic carbocycles. The lowest BCUT2D eigenvalue weighted by Crippen LogP contribution is -2.13. The van der Waals surface area contributed by atoms with Gasteiger partial charge in [0.1, 0.15) is 11.5 Å². The molecule has 1 aromatic carbocycles. The lowest BCUT2D eigenvalue weighted by atomic mass is 10.1. The van der Waals surface area contributed by atoms with E-state index < -0.39 is 0 Å². The maximum Gasteiger partial charge on any atom is 0.244 e. The third-order valence-corrected chi connectivity index (χ3v) is 3.06. The molecule has 0 unspecified atom stereocenters. The summed E-state index contributed by atoms with van der Waals surface area (Å²) in [4.78, 5) is 12.6. The molecule has 6 nitrogen and oxygen atoms in total.